The molecule has 2 aromatic heterocycles. The molecule has 30 heavy (non-hydrogen) atoms. The van der Waals surface area contributed by atoms with Gasteiger partial charge in [-0.05, 0) is 30.5 Å². The van der Waals surface area contributed by atoms with E-state index in [0.29, 0.717) is 6.42 Å². The Morgan fingerprint density at radius 2 is 1.97 bits per heavy atom. The normalized spacial score (nSPS) is 17.5. The third-order valence-corrected chi connectivity index (χ3v) is 6.00. The number of aromatic nitrogens is 3. The number of anilines is 2. The molecule has 0 spiro atoms. The molecular weight excluding hydrogens is 378 g/mol. The van der Waals surface area contributed by atoms with E-state index in [9.17, 15) is 9.90 Å². The van der Waals surface area contributed by atoms with Crippen molar-refractivity contribution in [2.75, 3.05) is 23.3 Å². The number of aliphatic hydroxyl groups is 1. The van der Waals surface area contributed by atoms with Crippen LogP contribution < -0.4 is 10.2 Å². The van der Waals surface area contributed by atoms with Crippen molar-refractivity contribution < 1.29 is 9.90 Å². The summed E-state index contributed by atoms with van der Waals surface area (Å²) in [6.07, 6.45) is 5.45. The Kier molecular flexibility index (Phi) is 4.32. The van der Waals surface area contributed by atoms with Gasteiger partial charge in [-0.2, -0.15) is 0 Å². The molecule has 0 bridgehead atoms. The fraction of sp³-hybridized carbons (Fsp3) is 0.435. The number of aliphatic hydroxyl groups excluding tert-OH is 1. The molecular formula is C23H27N5O2. The summed E-state index contributed by atoms with van der Waals surface area (Å²) >= 11 is 0. The quantitative estimate of drug-likeness (QED) is 0.684. The highest BCUT2D eigenvalue weighted by atomic mass is 16.3. The summed E-state index contributed by atoms with van der Waals surface area (Å²) in [4.78, 5) is 23.8. The first-order valence-electron chi connectivity index (χ1n) is 10.5. The minimum Gasteiger partial charge on any atom is -0.393 e. The Hall–Kier alpha value is -2.93. The van der Waals surface area contributed by atoms with Gasteiger partial charge in [-0.15, -0.1) is 0 Å². The second-order valence-corrected chi connectivity index (χ2v) is 9.32. The maximum Gasteiger partial charge on any atom is 0.228 e. The molecule has 5 rings (SSSR count). The van der Waals surface area contributed by atoms with Gasteiger partial charge in [0, 0.05) is 42.1 Å². The molecule has 0 aliphatic carbocycles. The van der Waals surface area contributed by atoms with E-state index >= 15 is 0 Å². The average molecular weight is 406 g/mol. The molecule has 1 fully saturated rings. The monoisotopic (exact) mass is 405 g/mol. The van der Waals surface area contributed by atoms with E-state index in [0.717, 1.165) is 65.6 Å². The van der Waals surface area contributed by atoms with Gasteiger partial charge < -0.3 is 15.3 Å². The van der Waals surface area contributed by atoms with Gasteiger partial charge in [0.05, 0.1) is 23.9 Å². The molecule has 0 atom stereocenters. The summed E-state index contributed by atoms with van der Waals surface area (Å²) in [7, 11) is 0. The lowest BCUT2D eigenvalue weighted by molar-refractivity contribution is -0.115. The maximum absolute atomic E-state index is 11.8. The number of piperidine rings is 1. The summed E-state index contributed by atoms with van der Waals surface area (Å²) in [6.45, 7) is 8.05. The van der Waals surface area contributed by atoms with E-state index in [1.807, 2.05) is 18.5 Å². The predicted octanol–water partition coefficient (Wildman–Crippen LogP) is 3.15. The topological polar surface area (TPSA) is 82.8 Å². The molecule has 1 saturated heterocycles. The van der Waals surface area contributed by atoms with E-state index in [1.165, 1.54) is 0 Å². The van der Waals surface area contributed by atoms with Gasteiger partial charge in [0.25, 0.3) is 0 Å². The van der Waals surface area contributed by atoms with Crippen LogP contribution in [-0.4, -0.2) is 44.6 Å². The average Bonchev–Trinajstić information content (AvgIpc) is 3.27. The molecule has 0 radical (unpaired) electrons. The summed E-state index contributed by atoms with van der Waals surface area (Å²) in [5.74, 6) is 0.897. The number of nitrogens with zero attached hydrogens (tertiary/aromatic N) is 4. The molecule has 3 aromatic rings. The van der Waals surface area contributed by atoms with Crippen LogP contribution in [0.3, 0.4) is 0 Å². The SMILES string of the molecule is CC(C)(C)c1nc2c(N3CCC(O)CC3)nccn2c1-c1ccc2c(c1)CC(=O)N2. The molecule has 0 unspecified atom stereocenters. The summed E-state index contributed by atoms with van der Waals surface area (Å²) < 4.78 is 2.12. The molecule has 0 saturated carbocycles. The van der Waals surface area contributed by atoms with E-state index in [1.54, 1.807) is 0 Å². The molecule has 4 heterocycles. The van der Waals surface area contributed by atoms with Crippen LogP contribution in [0.4, 0.5) is 11.5 Å². The van der Waals surface area contributed by atoms with Gasteiger partial charge in [-0.25, -0.2) is 9.97 Å². The number of nitrogens with one attached hydrogen (secondary N) is 1. The Balaban J connectivity index is 1.69. The van der Waals surface area contributed by atoms with Crippen LogP contribution in [0.25, 0.3) is 16.9 Å². The predicted molar refractivity (Wildman–Crippen MR) is 117 cm³/mol. The highest BCUT2D eigenvalue weighted by molar-refractivity contribution is 5.99. The number of fused-ring (bicyclic) bond motifs is 2. The molecule has 1 amide bonds. The number of hydrogen-bond donors (Lipinski definition) is 2. The van der Waals surface area contributed by atoms with Crippen molar-refractivity contribution >= 4 is 23.1 Å². The fourth-order valence-corrected chi connectivity index (χ4v) is 4.44. The Morgan fingerprint density at radius 3 is 2.70 bits per heavy atom. The number of amides is 1. The number of imidazole rings is 1. The Labute approximate surface area is 175 Å². The lowest BCUT2D eigenvalue weighted by Gasteiger charge is -2.30. The van der Waals surface area contributed by atoms with Crippen molar-refractivity contribution in [1.82, 2.24) is 14.4 Å². The standard InChI is InChI=1S/C23H27N5O2/c1-23(2,3)20-19(14-4-5-17-15(12-14)13-18(30)25-17)28-11-8-24-21(22(28)26-20)27-9-6-16(29)7-10-27/h4-5,8,11-12,16,29H,6-7,9-10,13H2,1-3H3,(H,25,30). The first kappa shape index (κ1) is 19.1. The summed E-state index contributed by atoms with van der Waals surface area (Å²) in [5.41, 5.74) is 5.68. The van der Waals surface area contributed by atoms with Crippen LogP contribution in [0.15, 0.2) is 30.6 Å². The number of benzene rings is 1. The Morgan fingerprint density at radius 1 is 1.20 bits per heavy atom. The minimum atomic E-state index is -0.232. The molecule has 2 aliphatic heterocycles. The van der Waals surface area contributed by atoms with Crippen molar-refractivity contribution in [1.29, 1.82) is 0 Å². The molecule has 1 aromatic carbocycles. The molecule has 2 aliphatic rings. The van der Waals surface area contributed by atoms with Gasteiger partial charge in [-0.3, -0.25) is 9.20 Å². The minimum absolute atomic E-state index is 0.0371. The Bertz CT molecular complexity index is 1140. The smallest absolute Gasteiger partial charge is 0.228 e. The largest absolute Gasteiger partial charge is 0.393 e. The highest BCUT2D eigenvalue weighted by Gasteiger charge is 2.29. The van der Waals surface area contributed by atoms with Crippen LogP contribution in [0, 0.1) is 0 Å². The lowest BCUT2D eigenvalue weighted by atomic mass is 9.88. The van der Waals surface area contributed by atoms with Crippen LogP contribution in [0.2, 0.25) is 0 Å². The van der Waals surface area contributed by atoms with Crippen molar-refractivity contribution in [3.63, 3.8) is 0 Å². The third-order valence-electron chi connectivity index (χ3n) is 6.00. The summed E-state index contributed by atoms with van der Waals surface area (Å²) in [5, 5.41) is 12.8. The van der Waals surface area contributed by atoms with E-state index in [2.05, 4.69) is 52.5 Å². The van der Waals surface area contributed by atoms with Gasteiger partial charge in [0.15, 0.2) is 11.5 Å². The van der Waals surface area contributed by atoms with E-state index in [-0.39, 0.29) is 17.4 Å². The van der Waals surface area contributed by atoms with Crippen molar-refractivity contribution in [2.45, 2.75) is 51.6 Å². The van der Waals surface area contributed by atoms with Crippen molar-refractivity contribution in [3.8, 4) is 11.3 Å². The van der Waals surface area contributed by atoms with Crippen LogP contribution in [-0.2, 0) is 16.6 Å². The van der Waals surface area contributed by atoms with Crippen LogP contribution >= 0.6 is 0 Å². The molecule has 2 N–H and O–H groups in total. The van der Waals surface area contributed by atoms with Gasteiger partial charge in [-0.1, -0.05) is 26.8 Å². The van der Waals surface area contributed by atoms with E-state index < -0.39 is 0 Å². The number of hydrogen-bond acceptors (Lipinski definition) is 5. The summed E-state index contributed by atoms with van der Waals surface area (Å²) in [6, 6.07) is 6.14. The molecule has 156 valence electrons. The van der Waals surface area contributed by atoms with Gasteiger partial charge >= 0.3 is 0 Å². The number of carbonyl (C=O) groups is 1. The van der Waals surface area contributed by atoms with Crippen LogP contribution in [0.1, 0.15) is 44.9 Å². The number of carbonyl (C=O) groups excluding carboxylic acids is 1. The van der Waals surface area contributed by atoms with E-state index in [4.69, 9.17) is 4.98 Å². The second-order valence-electron chi connectivity index (χ2n) is 9.32. The first-order chi connectivity index (χ1) is 14.3. The maximum atomic E-state index is 11.8. The number of rotatable bonds is 2. The zero-order valence-corrected chi connectivity index (χ0v) is 17.6. The lowest BCUT2D eigenvalue weighted by Crippen LogP contribution is -2.36. The second kappa shape index (κ2) is 6.80. The zero-order valence-electron chi connectivity index (χ0n) is 17.6. The highest BCUT2D eigenvalue weighted by Crippen LogP contribution is 2.37. The molecule has 7 nitrogen and oxygen atoms in total. The first-order valence-corrected chi connectivity index (χ1v) is 10.5. The van der Waals surface area contributed by atoms with Crippen LogP contribution in [0.5, 0.6) is 0 Å². The fourth-order valence-electron chi connectivity index (χ4n) is 4.44. The van der Waals surface area contributed by atoms with Crippen molar-refractivity contribution in [2.24, 2.45) is 0 Å². The van der Waals surface area contributed by atoms with Gasteiger partial charge in [0.1, 0.15) is 0 Å². The van der Waals surface area contributed by atoms with Crippen molar-refractivity contribution in [3.05, 3.63) is 41.9 Å². The zero-order chi connectivity index (χ0) is 21.0. The van der Waals surface area contributed by atoms with Gasteiger partial charge in [0.2, 0.25) is 5.91 Å². The third kappa shape index (κ3) is 3.13. The molecule has 7 heteroatoms.